The Balaban J connectivity index is 2.04. The van der Waals surface area contributed by atoms with Crippen molar-refractivity contribution in [2.75, 3.05) is 5.32 Å². The van der Waals surface area contributed by atoms with Crippen LogP contribution < -0.4 is 5.32 Å². The summed E-state index contributed by atoms with van der Waals surface area (Å²) in [7, 11) is 1.72. The van der Waals surface area contributed by atoms with Crippen LogP contribution in [0.5, 0.6) is 0 Å². The van der Waals surface area contributed by atoms with Gasteiger partial charge in [0.05, 0.1) is 28.6 Å². The van der Waals surface area contributed by atoms with E-state index in [2.05, 4.69) is 15.5 Å². The minimum atomic E-state index is -4.62. The van der Waals surface area contributed by atoms with Gasteiger partial charge in [0.15, 0.2) is 5.69 Å². The smallest absolute Gasteiger partial charge is 0.323 e. The summed E-state index contributed by atoms with van der Waals surface area (Å²) >= 11 is 5.65. The monoisotopic (exact) mass is 349 g/mol. The van der Waals surface area contributed by atoms with Crippen molar-refractivity contribution < 1.29 is 18.0 Å². The van der Waals surface area contributed by atoms with E-state index in [0.717, 1.165) is 4.68 Å². The topological polar surface area (TPSA) is 64.7 Å². The number of rotatable bonds is 4. The molecule has 0 aromatic carbocycles. The molecule has 0 fully saturated rings. The second kappa shape index (κ2) is 6.23. The predicted molar refractivity (Wildman–Crippen MR) is 78.2 cm³/mol. The van der Waals surface area contributed by atoms with Gasteiger partial charge in [-0.05, 0) is 13.8 Å². The van der Waals surface area contributed by atoms with Crippen molar-refractivity contribution in [1.29, 1.82) is 0 Å². The maximum absolute atomic E-state index is 12.7. The number of alkyl halides is 3. The third kappa shape index (κ3) is 3.84. The zero-order valence-electron chi connectivity index (χ0n) is 12.7. The lowest BCUT2D eigenvalue weighted by Crippen LogP contribution is -2.16. The predicted octanol–water partition coefficient (Wildman–Crippen LogP) is 2.93. The summed E-state index contributed by atoms with van der Waals surface area (Å²) in [6, 6.07) is 0. The van der Waals surface area contributed by atoms with E-state index in [1.807, 2.05) is 0 Å². The first-order chi connectivity index (χ1) is 10.6. The number of carbonyl (C=O) groups is 1. The van der Waals surface area contributed by atoms with Crippen molar-refractivity contribution in [2.45, 2.75) is 33.0 Å². The minimum Gasteiger partial charge on any atom is -0.323 e. The van der Waals surface area contributed by atoms with E-state index in [1.165, 1.54) is 6.92 Å². The molecule has 0 bridgehead atoms. The molecule has 6 nitrogen and oxygen atoms in total. The van der Waals surface area contributed by atoms with Crippen LogP contribution in [-0.2, 0) is 24.6 Å². The molecule has 0 saturated carbocycles. The number of amides is 1. The Hall–Kier alpha value is -2.03. The maximum Gasteiger partial charge on any atom is 0.436 e. The Morgan fingerprint density at radius 3 is 2.48 bits per heavy atom. The average molecular weight is 350 g/mol. The molecule has 0 aliphatic rings. The van der Waals surface area contributed by atoms with Gasteiger partial charge in [-0.3, -0.25) is 14.2 Å². The van der Waals surface area contributed by atoms with Crippen LogP contribution in [0.4, 0.5) is 18.9 Å². The van der Waals surface area contributed by atoms with Crippen molar-refractivity contribution in [1.82, 2.24) is 19.6 Å². The first-order valence-corrected chi connectivity index (χ1v) is 7.07. The molecule has 1 amide bonds. The van der Waals surface area contributed by atoms with Gasteiger partial charge in [-0.1, -0.05) is 11.6 Å². The average Bonchev–Trinajstić information content (AvgIpc) is 2.88. The van der Waals surface area contributed by atoms with E-state index in [4.69, 9.17) is 11.6 Å². The zero-order chi connectivity index (χ0) is 17.4. The lowest BCUT2D eigenvalue weighted by Gasteiger charge is -2.06. The largest absolute Gasteiger partial charge is 0.436 e. The van der Waals surface area contributed by atoms with Gasteiger partial charge in [-0.15, -0.1) is 0 Å². The summed E-state index contributed by atoms with van der Waals surface area (Å²) in [5, 5.41) is 9.74. The standard InChI is InChI=1S/C13H15ClF3N5O/c1-7-9(6-21(3)19-7)18-10(23)4-5-22-8(2)11(14)12(20-22)13(15,16)17/h6H,4-5H2,1-3H3,(H,18,23). The lowest BCUT2D eigenvalue weighted by atomic mass is 10.3. The minimum absolute atomic E-state index is 0.00717. The molecule has 0 saturated heterocycles. The van der Waals surface area contributed by atoms with Crippen LogP contribution in [0.3, 0.4) is 0 Å². The number of anilines is 1. The second-order valence-electron chi connectivity index (χ2n) is 5.07. The van der Waals surface area contributed by atoms with Crippen molar-refractivity contribution in [2.24, 2.45) is 7.05 Å². The van der Waals surface area contributed by atoms with Crippen molar-refractivity contribution in [3.8, 4) is 0 Å². The second-order valence-corrected chi connectivity index (χ2v) is 5.45. The molecule has 1 N–H and O–H groups in total. The highest BCUT2D eigenvalue weighted by molar-refractivity contribution is 6.31. The van der Waals surface area contributed by atoms with Gasteiger partial charge in [-0.25, -0.2) is 0 Å². The van der Waals surface area contributed by atoms with Crippen molar-refractivity contribution >= 4 is 23.2 Å². The summed E-state index contributed by atoms with van der Waals surface area (Å²) in [6.07, 6.45) is -3.02. The third-order valence-corrected chi connectivity index (χ3v) is 3.69. The molecular formula is C13H15ClF3N5O. The molecule has 2 aromatic heterocycles. The summed E-state index contributed by atoms with van der Waals surface area (Å²) < 4.78 is 40.8. The first kappa shape index (κ1) is 17.3. The number of hydrogen-bond acceptors (Lipinski definition) is 3. The van der Waals surface area contributed by atoms with Crippen LogP contribution in [0.1, 0.15) is 23.5 Å². The van der Waals surface area contributed by atoms with Crippen molar-refractivity contribution in [3.05, 3.63) is 28.3 Å². The Labute approximate surface area is 135 Å². The Morgan fingerprint density at radius 1 is 1.35 bits per heavy atom. The number of aromatic nitrogens is 4. The number of nitrogens with one attached hydrogen (secondary N) is 1. The summed E-state index contributed by atoms with van der Waals surface area (Å²) in [5.41, 5.74) is 0.242. The van der Waals surface area contributed by atoms with Crippen LogP contribution in [0.25, 0.3) is 0 Å². The Morgan fingerprint density at radius 2 is 2.00 bits per heavy atom. The van der Waals surface area contributed by atoms with E-state index in [-0.39, 0.29) is 24.6 Å². The molecule has 0 spiro atoms. The molecule has 23 heavy (non-hydrogen) atoms. The molecule has 2 aromatic rings. The van der Waals surface area contributed by atoms with Gasteiger partial charge in [0.25, 0.3) is 0 Å². The van der Waals surface area contributed by atoms with E-state index in [0.29, 0.717) is 11.4 Å². The molecule has 2 rings (SSSR count). The van der Waals surface area contributed by atoms with Crippen LogP contribution in [0.2, 0.25) is 5.02 Å². The van der Waals surface area contributed by atoms with E-state index < -0.39 is 16.9 Å². The molecule has 126 valence electrons. The van der Waals surface area contributed by atoms with Gasteiger partial charge in [0.2, 0.25) is 5.91 Å². The lowest BCUT2D eigenvalue weighted by molar-refractivity contribution is -0.141. The number of nitrogens with zero attached hydrogens (tertiary/aromatic N) is 4. The normalized spacial score (nSPS) is 11.8. The molecule has 10 heteroatoms. The summed E-state index contributed by atoms with van der Waals surface area (Å²) in [5.74, 6) is -0.347. The third-order valence-electron chi connectivity index (χ3n) is 3.24. The molecule has 0 radical (unpaired) electrons. The molecule has 0 aliphatic carbocycles. The maximum atomic E-state index is 12.7. The Bertz CT molecular complexity index is 735. The van der Waals surface area contributed by atoms with Crippen LogP contribution >= 0.6 is 11.6 Å². The van der Waals surface area contributed by atoms with E-state index >= 15 is 0 Å². The van der Waals surface area contributed by atoms with Gasteiger partial charge in [0, 0.05) is 19.7 Å². The summed E-state index contributed by atoms with van der Waals surface area (Å²) in [4.78, 5) is 11.9. The van der Waals surface area contributed by atoms with Crippen LogP contribution in [-0.4, -0.2) is 25.5 Å². The number of hydrogen-bond donors (Lipinski definition) is 1. The van der Waals surface area contributed by atoms with E-state index in [1.54, 1.807) is 24.9 Å². The fourth-order valence-corrected chi connectivity index (χ4v) is 2.31. The molecular weight excluding hydrogens is 335 g/mol. The van der Waals surface area contributed by atoms with Gasteiger partial charge in [0.1, 0.15) is 0 Å². The first-order valence-electron chi connectivity index (χ1n) is 6.69. The Kier molecular flexibility index (Phi) is 4.69. The van der Waals surface area contributed by atoms with Crippen molar-refractivity contribution in [3.63, 3.8) is 0 Å². The van der Waals surface area contributed by atoms with Gasteiger partial charge in [-0.2, -0.15) is 23.4 Å². The van der Waals surface area contributed by atoms with E-state index in [9.17, 15) is 18.0 Å². The van der Waals surface area contributed by atoms with Gasteiger partial charge >= 0.3 is 6.18 Å². The number of halogens is 4. The SMILES string of the molecule is Cc1nn(C)cc1NC(=O)CCn1nc(C(F)(F)F)c(Cl)c1C. The molecule has 0 aliphatic heterocycles. The fourth-order valence-electron chi connectivity index (χ4n) is 2.07. The fraction of sp³-hybridized carbons (Fsp3) is 0.462. The molecule has 0 atom stereocenters. The number of aryl methyl sites for hydroxylation is 3. The molecule has 0 unspecified atom stereocenters. The van der Waals surface area contributed by atoms with Crippen LogP contribution in [0.15, 0.2) is 6.20 Å². The number of carbonyl (C=O) groups excluding carboxylic acids is 1. The highest BCUT2D eigenvalue weighted by Gasteiger charge is 2.38. The van der Waals surface area contributed by atoms with Gasteiger partial charge < -0.3 is 5.32 Å². The highest BCUT2D eigenvalue weighted by atomic mass is 35.5. The quantitative estimate of drug-likeness (QED) is 0.923. The highest BCUT2D eigenvalue weighted by Crippen LogP contribution is 2.35. The molecule has 2 heterocycles. The summed E-state index contributed by atoms with van der Waals surface area (Å²) in [6.45, 7) is 3.16. The zero-order valence-corrected chi connectivity index (χ0v) is 13.5. The van der Waals surface area contributed by atoms with Crippen LogP contribution in [0, 0.1) is 13.8 Å².